The summed E-state index contributed by atoms with van der Waals surface area (Å²) >= 11 is 0. The van der Waals surface area contributed by atoms with Crippen molar-refractivity contribution in [2.75, 3.05) is 31.6 Å². The summed E-state index contributed by atoms with van der Waals surface area (Å²) in [6.07, 6.45) is 7.67. The number of rotatable bonds is 10. The molecule has 1 aliphatic heterocycles. The standard InChI is InChI=1S/C27H32N4O2/c1-3-16-33-25-11-10-21(17-26(25)32-4-2)20-31-14-12-23(13-15-31)30-24-18-28-27(29-19-24)22-8-6-5-7-9-22/h3,5-11,17-19,23,30H,1,4,12-16,20H2,2H3. The van der Waals surface area contributed by atoms with E-state index in [9.17, 15) is 0 Å². The lowest BCUT2D eigenvalue weighted by atomic mass is 10.0. The minimum atomic E-state index is 0.432. The van der Waals surface area contributed by atoms with E-state index in [2.05, 4.69) is 38.9 Å². The van der Waals surface area contributed by atoms with Gasteiger partial charge in [0.25, 0.3) is 0 Å². The lowest BCUT2D eigenvalue weighted by Crippen LogP contribution is -2.38. The normalized spacial score (nSPS) is 14.6. The Morgan fingerprint density at radius 3 is 2.48 bits per heavy atom. The van der Waals surface area contributed by atoms with Crippen molar-refractivity contribution in [3.8, 4) is 22.9 Å². The van der Waals surface area contributed by atoms with Crippen LogP contribution in [-0.2, 0) is 6.54 Å². The molecule has 0 atom stereocenters. The molecule has 2 aromatic carbocycles. The van der Waals surface area contributed by atoms with Crippen molar-refractivity contribution < 1.29 is 9.47 Å². The predicted octanol–water partition coefficient (Wildman–Crippen LogP) is 5.18. The third-order valence-electron chi connectivity index (χ3n) is 5.71. The summed E-state index contributed by atoms with van der Waals surface area (Å²) in [4.78, 5) is 11.5. The molecule has 0 spiro atoms. The molecular weight excluding hydrogens is 412 g/mol. The monoisotopic (exact) mass is 444 g/mol. The molecule has 1 saturated heterocycles. The molecule has 1 fully saturated rings. The van der Waals surface area contributed by atoms with Crippen molar-refractivity contribution in [2.45, 2.75) is 32.4 Å². The molecule has 0 unspecified atom stereocenters. The van der Waals surface area contributed by atoms with Crippen molar-refractivity contribution in [2.24, 2.45) is 0 Å². The summed E-state index contributed by atoms with van der Waals surface area (Å²) in [5.74, 6) is 2.32. The van der Waals surface area contributed by atoms with Gasteiger partial charge in [-0.15, -0.1) is 0 Å². The molecule has 0 saturated carbocycles. The van der Waals surface area contributed by atoms with Crippen LogP contribution < -0.4 is 14.8 Å². The summed E-state index contributed by atoms with van der Waals surface area (Å²) in [6.45, 7) is 9.77. The van der Waals surface area contributed by atoms with E-state index in [1.54, 1.807) is 6.08 Å². The first-order valence-electron chi connectivity index (χ1n) is 11.6. The maximum Gasteiger partial charge on any atom is 0.161 e. The number of hydrogen-bond donors (Lipinski definition) is 1. The van der Waals surface area contributed by atoms with Crippen LogP contribution in [0.3, 0.4) is 0 Å². The van der Waals surface area contributed by atoms with Crippen LogP contribution in [0.1, 0.15) is 25.3 Å². The summed E-state index contributed by atoms with van der Waals surface area (Å²) in [6, 6.07) is 16.7. The van der Waals surface area contributed by atoms with Gasteiger partial charge in [0.2, 0.25) is 0 Å². The summed E-state index contributed by atoms with van der Waals surface area (Å²) in [5, 5.41) is 3.60. The van der Waals surface area contributed by atoms with Crippen molar-refractivity contribution in [1.29, 1.82) is 0 Å². The topological polar surface area (TPSA) is 59.5 Å². The number of hydrogen-bond acceptors (Lipinski definition) is 6. The van der Waals surface area contributed by atoms with E-state index in [4.69, 9.17) is 9.47 Å². The maximum absolute atomic E-state index is 5.78. The molecule has 0 aliphatic carbocycles. The van der Waals surface area contributed by atoms with Crippen LogP contribution >= 0.6 is 0 Å². The molecule has 6 nitrogen and oxygen atoms in total. The Balaban J connectivity index is 1.28. The van der Waals surface area contributed by atoms with Gasteiger partial charge < -0.3 is 14.8 Å². The molecule has 1 aliphatic rings. The number of likely N-dealkylation sites (tertiary alicyclic amines) is 1. The van der Waals surface area contributed by atoms with Gasteiger partial charge in [0, 0.05) is 31.2 Å². The second-order valence-corrected chi connectivity index (χ2v) is 8.17. The largest absolute Gasteiger partial charge is 0.490 e. The van der Waals surface area contributed by atoms with Gasteiger partial charge in [0.1, 0.15) is 6.61 Å². The highest BCUT2D eigenvalue weighted by Crippen LogP contribution is 2.29. The zero-order valence-corrected chi connectivity index (χ0v) is 19.2. The average Bonchev–Trinajstić information content (AvgIpc) is 2.86. The predicted molar refractivity (Wildman–Crippen MR) is 133 cm³/mol. The molecule has 4 rings (SSSR count). The maximum atomic E-state index is 5.78. The molecule has 1 aromatic heterocycles. The second kappa shape index (κ2) is 11.5. The highest BCUT2D eigenvalue weighted by molar-refractivity contribution is 5.55. The molecule has 0 radical (unpaired) electrons. The third-order valence-corrected chi connectivity index (χ3v) is 5.71. The van der Waals surface area contributed by atoms with Gasteiger partial charge in [0.15, 0.2) is 17.3 Å². The number of benzene rings is 2. The Bertz CT molecular complexity index is 1020. The molecule has 0 bridgehead atoms. The minimum Gasteiger partial charge on any atom is -0.490 e. The van der Waals surface area contributed by atoms with Crippen LogP contribution in [0.25, 0.3) is 11.4 Å². The summed E-state index contributed by atoms with van der Waals surface area (Å²) in [5.41, 5.74) is 3.25. The first kappa shape index (κ1) is 22.8. The lowest BCUT2D eigenvalue weighted by molar-refractivity contribution is 0.210. The van der Waals surface area contributed by atoms with Crippen LogP contribution in [0.15, 0.2) is 73.6 Å². The van der Waals surface area contributed by atoms with E-state index in [1.807, 2.05) is 55.7 Å². The zero-order chi connectivity index (χ0) is 22.9. The Morgan fingerprint density at radius 2 is 1.79 bits per heavy atom. The SMILES string of the molecule is C=CCOc1ccc(CN2CCC(Nc3cnc(-c4ccccc4)nc3)CC2)cc1OCC. The van der Waals surface area contributed by atoms with Crippen LogP contribution in [0, 0.1) is 0 Å². The molecule has 0 amide bonds. The molecule has 33 heavy (non-hydrogen) atoms. The van der Waals surface area contributed by atoms with Crippen molar-refractivity contribution in [1.82, 2.24) is 14.9 Å². The van der Waals surface area contributed by atoms with Crippen LogP contribution in [0.5, 0.6) is 11.5 Å². The first-order valence-corrected chi connectivity index (χ1v) is 11.6. The second-order valence-electron chi connectivity index (χ2n) is 8.17. The summed E-state index contributed by atoms with van der Waals surface area (Å²) < 4.78 is 11.5. The molecule has 1 N–H and O–H groups in total. The Morgan fingerprint density at radius 1 is 1.03 bits per heavy atom. The molecule has 6 heteroatoms. The van der Waals surface area contributed by atoms with Crippen molar-refractivity contribution >= 4 is 5.69 Å². The number of ether oxygens (including phenoxy) is 2. The van der Waals surface area contributed by atoms with Gasteiger partial charge in [-0.1, -0.05) is 49.1 Å². The minimum absolute atomic E-state index is 0.432. The number of anilines is 1. The van der Waals surface area contributed by atoms with E-state index in [0.717, 1.165) is 61.1 Å². The number of piperidine rings is 1. The molecular formula is C27H32N4O2. The third kappa shape index (κ3) is 6.33. The summed E-state index contributed by atoms with van der Waals surface area (Å²) in [7, 11) is 0. The van der Waals surface area contributed by atoms with Gasteiger partial charge in [-0.25, -0.2) is 9.97 Å². The molecule has 172 valence electrons. The van der Waals surface area contributed by atoms with Crippen LogP contribution in [0.4, 0.5) is 5.69 Å². The molecule has 3 aromatic rings. The number of nitrogens with one attached hydrogen (secondary N) is 1. The smallest absolute Gasteiger partial charge is 0.161 e. The highest BCUT2D eigenvalue weighted by atomic mass is 16.5. The van der Waals surface area contributed by atoms with E-state index in [1.165, 1.54) is 5.56 Å². The fraction of sp³-hybridized carbons (Fsp3) is 0.333. The van der Waals surface area contributed by atoms with Gasteiger partial charge in [0.05, 0.1) is 24.7 Å². The fourth-order valence-corrected chi connectivity index (χ4v) is 4.06. The highest BCUT2D eigenvalue weighted by Gasteiger charge is 2.20. The average molecular weight is 445 g/mol. The van der Waals surface area contributed by atoms with Crippen molar-refractivity contribution in [3.05, 3.63) is 79.1 Å². The van der Waals surface area contributed by atoms with Gasteiger partial charge in [-0.3, -0.25) is 4.90 Å². The van der Waals surface area contributed by atoms with Crippen LogP contribution in [0.2, 0.25) is 0 Å². The fourth-order valence-electron chi connectivity index (χ4n) is 4.06. The number of nitrogens with zero attached hydrogens (tertiary/aromatic N) is 3. The van der Waals surface area contributed by atoms with Crippen LogP contribution in [-0.4, -0.2) is 47.2 Å². The van der Waals surface area contributed by atoms with E-state index < -0.39 is 0 Å². The van der Waals surface area contributed by atoms with E-state index in [0.29, 0.717) is 19.3 Å². The number of aromatic nitrogens is 2. The van der Waals surface area contributed by atoms with E-state index >= 15 is 0 Å². The Hall–Kier alpha value is -3.38. The molecule has 2 heterocycles. The first-order chi connectivity index (χ1) is 16.2. The van der Waals surface area contributed by atoms with E-state index in [-0.39, 0.29) is 0 Å². The zero-order valence-electron chi connectivity index (χ0n) is 19.2. The quantitative estimate of drug-likeness (QED) is 0.435. The van der Waals surface area contributed by atoms with Crippen molar-refractivity contribution in [3.63, 3.8) is 0 Å². The van der Waals surface area contributed by atoms with Gasteiger partial charge >= 0.3 is 0 Å². The lowest BCUT2D eigenvalue weighted by Gasteiger charge is -2.32. The van der Waals surface area contributed by atoms with Gasteiger partial charge in [-0.05, 0) is 37.5 Å². The van der Waals surface area contributed by atoms with Gasteiger partial charge in [-0.2, -0.15) is 0 Å². The Kier molecular flexibility index (Phi) is 7.93. The Labute approximate surface area is 196 Å².